The Hall–Kier alpha value is -7.60. The van der Waals surface area contributed by atoms with Gasteiger partial charge in [-0.3, -0.25) is 4.57 Å². The lowest BCUT2D eigenvalue weighted by atomic mass is 10.1. The van der Waals surface area contributed by atoms with E-state index in [2.05, 4.69) is 227 Å². The lowest BCUT2D eigenvalue weighted by molar-refractivity contribution is 0.645. The summed E-state index contributed by atoms with van der Waals surface area (Å²) in [5, 5.41) is 8.24. The molecule has 0 amide bonds. The zero-order chi connectivity index (χ0) is 38.9. The molecule has 5 heteroatoms. The second-order valence-corrected chi connectivity index (χ2v) is 16.0. The highest BCUT2D eigenvalue weighted by molar-refractivity contribution is 7.25. The van der Waals surface area contributed by atoms with Crippen LogP contribution in [0.4, 0.5) is 34.1 Å². The van der Waals surface area contributed by atoms with E-state index < -0.39 is 0 Å². The minimum Gasteiger partial charge on any atom is -0.439 e. The highest BCUT2D eigenvalue weighted by Gasteiger charge is 2.24. The summed E-state index contributed by atoms with van der Waals surface area (Å²) >= 11 is 1.84. The number of aromatic nitrogens is 1. The van der Waals surface area contributed by atoms with Gasteiger partial charge in [0, 0.05) is 70.5 Å². The second kappa shape index (κ2) is 13.5. The molecule has 0 atom stereocenters. The van der Waals surface area contributed by atoms with E-state index in [1.54, 1.807) is 0 Å². The Balaban J connectivity index is 1.09. The predicted molar refractivity (Wildman–Crippen MR) is 250 cm³/mol. The molecule has 12 aromatic rings. The van der Waals surface area contributed by atoms with Crippen molar-refractivity contribution in [3.05, 3.63) is 212 Å². The first-order valence-electron chi connectivity index (χ1n) is 19.9. The van der Waals surface area contributed by atoms with E-state index in [-0.39, 0.29) is 0 Å². The number of hydrogen-bond donors (Lipinski definition) is 0. The van der Waals surface area contributed by atoms with Gasteiger partial charge in [-0.05, 0) is 109 Å². The van der Waals surface area contributed by atoms with Gasteiger partial charge in [0.25, 0.3) is 0 Å². The Morgan fingerprint density at radius 3 is 1.80 bits per heavy atom. The van der Waals surface area contributed by atoms with E-state index in [9.17, 15) is 0 Å². The summed E-state index contributed by atoms with van der Waals surface area (Å²) in [7, 11) is 0. The van der Waals surface area contributed by atoms with Crippen LogP contribution in [0.25, 0.3) is 69.6 Å². The maximum Gasteiger partial charge on any atom is 0.213 e. The molecule has 0 aliphatic rings. The standard InChI is InChI=1S/C54H35N3OS/c1-4-17-37(18-5-1)55(40-29-32-52-46(33-40)44-24-12-13-26-51(44)59-52)42-27-30-45-49(35-42)57(39-21-8-3-9-22-39)54-53(45)47-34-41(28-31-50(47)58-54)56(38-19-6-2-7-20-38)48-25-14-16-36-15-10-11-23-43(36)48/h1-35H. The summed E-state index contributed by atoms with van der Waals surface area (Å²) in [6.45, 7) is 0. The first kappa shape index (κ1) is 33.5. The molecule has 278 valence electrons. The molecule has 12 rings (SSSR count). The Morgan fingerprint density at radius 2 is 0.983 bits per heavy atom. The van der Waals surface area contributed by atoms with Gasteiger partial charge in [0.15, 0.2) is 0 Å². The molecule has 59 heavy (non-hydrogen) atoms. The van der Waals surface area contributed by atoms with E-state index in [1.165, 1.54) is 30.9 Å². The number of nitrogens with zero attached hydrogens (tertiary/aromatic N) is 3. The van der Waals surface area contributed by atoms with Crippen LogP contribution >= 0.6 is 11.3 Å². The first-order chi connectivity index (χ1) is 29.3. The summed E-state index contributed by atoms with van der Waals surface area (Å²) < 4.78 is 11.8. The molecule has 3 aromatic heterocycles. The zero-order valence-electron chi connectivity index (χ0n) is 31.9. The molecular weight excluding hydrogens is 739 g/mol. The molecule has 0 fully saturated rings. The van der Waals surface area contributed by atoms with Crippen molar-refractivity contribution >= 4 is 109 Å². The number of thiophene rings is 1. The smallest absolute Gasteiger partial charge is 0.213 e. The Kier molecular flexibility index (Phi) is 7.68. The summed E-state index contributed by atoms with van der Waals surface area (Å²) in [6, 6.07) is 76.0. The maximum absolute atomic E-state index is 6.92. The number of fused-ring (bicyclic) bond motifs is 9. The molecule has 0 bridgehead atoms. The summed E-state index contributed by atoms with van der Waals surface area (Å²) in [6.07, 6.45) is 0. The van der Waals surface area contributed by atoms with E-state index >= 15 is 0 Å². The minimum atomic E-state index is 0.823. The van der Waals surface area contributed by atoms with Gasteiger partial charge >= 0.3 is 0 Å². The molecule has 0 spiro atoms. The van der Waals surface area contributed by atoms with Crippen LogP contribution in [-0.4, -0.2) is 4.57 Å². The van der Waals surface area contributed by atoms with Crippen LogP contribution in [0.3, 0.4) is 0 Å². The number of hydrogen-bond acceptors (Lipinski definition) is 4. The fraction of sp³-hybridized carbons (Fsp3) is 0. The van der Waals surface area contributed by atoms with Crippen LogP contribution < -0.4 is 9.80 Å². The number of furan rings is 1. The average Bonchev–Trinajstić information content (AvgIpc) is 3.96. The van der Waals surface area contributed by atoms with E-state index in [4.69, 9.17) is 4.42 Å². The van der Waals surface area contributed by atoms with Crippen LogP contribution in [0.5, 0.6) is 0 Å². The van der Waals surface area contributed by atoms with Crippen molar-refractivity contribution in [1.29, 1.82) is 0 Å². The first-order valence-corrected chi connectivity index (χ1v) is 20.7. The molecule has 0 radical (unpaired) electrons. The number of rotatable bonds is 7. The lowest BCUT2D eigenvalue weighted by Crippen LogP contribution is -2.10. The van der Waals surface area contributed by atoms with Crippen molar-refractivity contribution in [2.75, 3.05) is 9.80 Å². The fourth-order valence-corrected chi connectivity index (χ4v) is 10.00. The highest BCUT2D eigenvalue weighted by Crippen LogP contribution is 2.46. The number of benzene rings is 9. The Morgan fingerprint density at radius 1 is 0.390 bits per heavy atom. The van der Waals surface area contributed by atoms with Gasteiger partial charge in [0.2, 0.25) is 5.71 Å². The van der Waals surface area contributed by atoms with Crippen molar-refractivity contribution in [2.24, 2.45) is 0 Å². The second-order valence-electron chi connectivity index (χ2n) is 15.0. The van der Waals surface area contributed by atoms with Gasteiger partial charge in [0.1, 0.15) is 5.58 Å². The molecule has 4 nitrogen and oxygen atoms in total. The predicted octanol–water partition coefficient (Wildman–Crippen LogP) is 16.0. The molecule has 0 N–H and O–H groups in total. The molecule has 9 aromatic carbocycles. The van der Waals surface area contributed by atoms with Crippen molar-refractivity contribution < 1.29 is 4.42 Å². The molecule has 0 saturated carbocycles. The van der Waals surface area contributed by atoms with Crippen LogP contribution in [0.15, 0.2) is 217 Å². The molecule has 0 aliphatic carbocycles. The van der Waals surface area contributed by atoms with Gasteiger partial charge in [-0.2, -0.15) is 0 Å². The maximum atomic E-state index is 6.92. The third kappa shape index (κ3) is 5.43. The van der Waals surface area contributed by atoms with Crippen molar-refractivity contribution in [3.63, 3.8) is 0 Å². The van der Waals surface area contributed by atoms with E-state index in [0.29, 0.717) is 0 Å². The monoisotopic (exact) mass is 773 g/mol. The molecule has 0 saturated heterocycles. The topological polar surface area (TPSA) is 24.6 Å². The van der Waals surface area contributed by atoms with Gasteiger partial charge in [-0.1, -0.05) is 109 Å². The third-order valence-corrected chi connectivity index (χ3v) is 12.7. The average molecular weight is 774 g/mol. The van der Waals surface area contributed by atoms with Crippen molar-refractivity contribution in [1.82, 2.24) is 4.57 Å². The van der Waals surface area contributed by atoms with E-state index in [0.717, 1.165) is 72.8 Å². The van der Waals surface area contributed by atoms with Crippen LogP contribution in [0.2, 0.25) is 0 Å². The van der Waals surface area contributed by atoms with Gasteiger partial charge in [-0.15, -0.1) is 11.3 Å². The van der Waals surface area contributed by atoms with Gasteiger partial charge in [-0.25, -0.2) is 0 Å². The fourth-order valence-electron chi connectivity index (χ4n) is 8.91. The number of para-hydroxylation sites is 3. The van der Waals surface area contributed by atoms with Crippen molar-refractivity contribution in [3.8, 4) is 5.69 Å². The molecular formula is C54H35N3OS. The SMILES string of the molecule is c1ccc(N(c2ccc3sc4ccccc4c3c2)c2ccc3c4c5cc(N(c6ccccc6)c6cccc7ccccc67)ccc5oc4n(-c4ccccc4)c3c2)cc1. The molecule has 0 unspecified atom stereocenters. The Bertz CT molecular complexity index is 3510. The normalized spacial score (nSPS) is 11.7. The van der Waals surface area contributed by atoms with Crippen LogP contribution in [0, 0.1) is 0 Å². The van der Waals surface area contributed by atoms with E-state index in [1.807, 2.05) is 11.3 Å². The zero-order valence-corrected chi connectivity index (χ0v) is 32.7. The molecule has 3 heterocycles. The van der Waals surface area contributed by atoms with Crippen molar-refractivity contribution in [2.45, 2.75) is 0 Å². The minimum absolute atomic E-state index is 0.823. The number of anilines is 6. The van der Waals surface area contributed by atoms with Crippen LogP contribution in [-0.2, 0) is 0 Å². The summed E-state index contributed by atoms with van der Waals surface area (Å²) in [5.74, 6) is 0. The Labute approximate surface area is 344 Å². The summed E-state index contributed by atoms with van der Waals surface area (Å²) in [5.41, 5.74) is 10.3. The third-order valence-electron chi connectivity index (χ3n) is 11.5. The van der Waals surface area contributed by atoms with Gasteiger partial charge < -0.3 is 14.2 Å². The highest BCUT2D eigenvalue weighted by atomic mass is 32.1. The quantitative estimate of drug-likeness (QED) is 0.161. The summed E-state index contributed by atoms with van der Waals surface area (Å²) in [4.78, 5) is 4.73. The molecule has 0 aliphatic heterocycles. The van der Waals surface area contributed by atoms with Gasteiger partial charge in [0.05, 0.1) is 16.6 Å². The largest absolute Gasteiger partial charge is 0.439 e. The lowest BCUT2D eigenvalue weighted by Gasteiger charge is -2.27. The van der Waals surface area contributed by atoms with Crippen LogP contribution in [0.1, 0.15) is 0 Å².